The van der Waals surface area contributed by atoms with E-state index in [1.807, 2.05) is 26.0 Å². The number of urea groups is 1. The number of nitrogens with one attached hydrogen (secondary N) is 1. The summed E-state index contributed by atoms with van der Waals surface area (Å²) in [6.45, 7) is 4.58. The van der Waals surface area contributed by atoms with E-state index in [1.165, 1.54) is 4.90 Å². The maximum absolute atomic E-state index is 12.5. The van der Waals surface area contributed by atoms with E-state index in [2.05, 4.69) is 15.3 Å². The van der Waals surface area contributed by atoms with Crippen LogP contribution in [0.5, 0.6) is 0 Å². The van der Waals surface area contributed by atoms with Crippen molar-refractivity contribution < 1.29 is 9.59 Å². The number of anilines is 2. The molecule has 1 aliphatic rings. The van der Waals surface area contributed by atoms with Crippen LogP contribution in [0.3, 0.4) is 0 Å². The minimum absolute atomic E-state index is 0.0494. The lowest BCUT2D eigenvalue weighted by Gasteiger charge is -2.18. The first-order valence-corrected chi connectivity index (χ1v) is 8.24. The molecule has 0 bridgehead atoms. The highest BCUT2D eigenvalue weighted by atomic mass is 35.5. The maximum Gasteiger partial charge on any atom is 0.325 e. The Morgan fingerprint density at radius 1 is 1.20 bits per heavy atom. The summed E-state index contributed by atoms with van der Waals surface area (Å²) in [6.07, 6.45) is 0. The van der Waals surface area contributed by atoms with Crippen molar-refractivity contribution in [3.63, 3.8) is 0 Å². The van der Waals surface area contributed by atoms with Crippen LogP contribution in [-0.2, 0) is 4.79 Å². The monoisotopic (exact) mass is 359 g/mol. The Bertz CT molecular complexity index is 806. The van der Waals surface area contributed by atoms with Crippen molar-refractivity contribution in [2.45, 2.75) is 13.8 Å². The third-order valence-corrected chi connectivity index (χ3v) is 4.02. The fourth-order valence-corrected chi connectivity index (χ4v) is 2.92. The van der Waals surface area contributed by atoms with Gasteiger partial charge in [-0.2, -0.15) is 0 Å². The number of nitrogens with zero attached hydrogens (tertiary/aromatic N) is 4. The minimum Gasteiger partial charge on any atom is -0.313 e. The molecular weight excluding hydrogens is 342 g/mol. The van der Waals surface area contributed by atoms with Crippen LogP contribution in [0.15, 0.2) is 30.3 Å². The van der Waals surface area contributed by atoms with Crippen molar-refractivity contribution >= 4 is 35.2 Å². The fraction of sp³-hybridized carbons (Fsp3) is 0.294. The predicted octanol–water partition coefficient (Wildman–Crippen LogP) is 2.63. The Kier molecular flexibility index (Phi) is 4.85. The first-order valence-electron chi connectivity index (χ1n) is 7.86. The molecular formula is C17H18ClN5O2. The molecule has 3 rings (SSSR count). The average Bonchev–Trinajstić information content (AvgIpc) is 2.87. The summed E-state index contributed by atoms with van der Waals surface area (Å²) in [6, 6.07) is 8.68. The van der Waals surface area contributed by atoms with Gasteiger partial charge in [0.2, 0.25) is 11.9 Å². The standard InChI is InChI=1S/C17H18ClN5O2/c1-11-8-12(2)20-16(19-11)21-15(24)10-22-6-7-23(17(22)25)14-5-3-4-13(18)9-14/h3-5,8-9H,6-7,10H2,1-2H3,(H,19,20,21,24). The Morgan fingerprint density at radius 2 is 1.92 bits per heavy atom. The zero-order valence-electron chi connectivity index (χ0n) is 14.0. The summed E-state index contributed by atoms with van der Waals surface area (Å²) in [4.78, 5) is 36.1. The molecule has 0 saturated carbocycles. The van der Waals surface area contributed by atoms with Gasteiger partial charge in [0, 0.05) is 35.2 Å². The Hall–Kier alpha value is -2.67. The van der Waals surface area contributed by atoms with E-state index in [9.17, 15) is 9.59 Å². The van der Waals surface area contributed by atoms with Gasteiger partial charge in [-0.15, -0.1) is 0 Å². The second-order valence-electron chi connectivity index (χ2n) is 5.86. The number of hydrogen-bond acceptors (Lipinski definition) is 4. The number of aromatic nitrogens is 2. The van der Waals surface area contributed by atoms with E-state index < -0.39 is 0 Å². The highest BCUT2D eigenvalue weighted by molar-refractivity contribution is 6.30. The molecule has 1 fully saturated rings. The van der Waals surface area contributed by atoms with Crippen LogP contribution in [0.2, 0.25) is 5.02 Å². The highest BCUT2D eigenvalue weighted by Crippen LogP contribution is 2.23. The highest BCUT2D eigenvalue weighted by Gasteiger charge is 2.31. The van der Waals surface area contributed by atoms with Crippen molar-refractivity contribution in [1.29, 1.82) is 0 Å². The van der Waals surface area contributed by atoms with E-state index in [0.717, 1.165) is 17.1 Å². The lowest BCUT2D eigenvalue weighted by molar-refractivity contribution is -0.116. The van der Waals surface area contributed by atoms with Crippen molar-refractivity contribution in [3.05, 3.63) is 46.7 Å². The fourth-order valence-electron chi connectivity index (χ4n) is 2.73. The number of hydrogen-bond donors (Lipinski definition) is 1. The second kappa shape index (κ2) is 7.06. The molecule has 3 amide bonds. The van der Waals surface area contributed by atoms with E-state index in [0.29, 0.717) is 18.1 Å². The van der Waals surface area contributed by atoms with Crippen molar-refractivity contribution in [2.75, 3.05) is 29.9 Å². The minimum atomic E-state index is -0.328. The summed E-state index contributed by atoms with van der Waals surface area (Å²) in [7, 11) is 0. The molecule has 2 aromatic rings. The van der Waals surface area contributed by atoms with Crippen LogP contribution in [-0.4, -0.2) is 46.4 Å². The number of benzene rings is 1. The van der Waals surface area contributed by atoms with Gasteiger partial charge in [-0.05, 0) is 38.1 Å². The molecule has 8 heteroatoms. The number of aryl methyl sites for hydroxylation is 2. The number of amides is 3. The quantitative estimate of drug-likeness (QED) is 0.910. The molecule has 1 aromatic carbocycles. The molecule has 25 heavy (non-hydrogen) atoms. The molecule has 2 heterocycles. The third-order valence-electron chi connectivity index (χ3n) is 3.78. The van der Waals surface area contributed by atoms with Gasteiger partial charge < -0.3 is 4.90 Å². The number of rotatable bonds is 4. The van der Waals surface area contributed by atoms with Gasteiger partial charge in [0.1, 0.15) is 6.54 Å². The lowest BCUT2D eigenvalue weighted by Crippen LogP contribution is -2.37. The molecule has 0 radical (unpaired) electrons. The molecule has 0 atom stereocenters. The molecule has 1 saturated heterocycles. The van der Waals surface area contributed by atoms with Crippen LogP contribution in [0.1, 0.15) is 11.4 Å². The van der Waals surface area contributed by atoms with Gasteiger partial charge in [-0.25, -0.2) is 14.8 Å². The molecule has 1 aliphatic heterocycles. The van der Waals surface area contributed by atoms with Gasteiger partial charge in [-0.1, -0.05) is 17.7 Å². The number of carbonyl (C=O) groups excluding carboxylic acids is 2. The number of carbonyl (C=O) groups is 2. The molecule has 0 aliphatic carbocycles. The summed E-state index contributed by atoms with van der Waals surface area (Å²) in [5.41, 5.74) is 2.26. The van der Waals surface area contributed by atoms with Crippen LogP contribution >= 0.6 is 11.6 Å². The average molecular weight is 360 g/mol. The predicted molar refractivity (Wildman–Crippen MR) is 95.9 cm³/mol. The third kappa shape index (κ3) is 4.06. The van der Waals surface area contributed by atoms with Crippen LogP contribution < -0.4 is 10.2 Å². The van der Waals surface area contributed by atoms with E-state index in [-0.39, 0.29) is 24.4 Å². The Balaban J connectivity index is 1.63. The van der Waals surface area contributed by atoms with E-state index >= 15 is 0 Å². The molecule has 0 spiro atoms. The molecule has 1 N–H and O–H groups in total. The zero-order chi connectivity index (χ0) is 18.0. The summed E-state index contributed by atoms with van der Waals surface area (Å²) in [5, 5.41) is 3.20. The Labute approximate surface area is 150 Å². The molecule has 130 valence electrons. The largest absolute Gasteiger partial charge is 0.325 e. The van der Waals surface area contributed by atoms with Crippen molar-refractivity contribution in [3.8, 4) is 0 Å². The van der Waals surface area contributed by atoms with E-state index in [1.54, 1.807) is 23.1 Å². The first-order chi connectivity index (χ1) is 11.9. The summed E-state index contributed by atoms with van der Waals surface area (Å²) >= 11 is 5.98. The Morgan fingerprint density at radius 3 is 2.60 bits per heavy atom. The zero-order valence-corrected chi connectivity index (χ0v) is 14.7. The van der Waals surface area contributed by atoms with Crippen LogP contribution in [0.4, 0.5) is 16.4 Å². The van der Waals surface area contributed by atoms with Gasteiger partial charge >= 0.3 is 6.03 Å². The van der Waals surface area contributed by atoms with E-state index in [4.69, 9.17) is 11.6 Å². The smallest absolute Gasteiger partial charge is 0.313 e. The normalized spacial score (nSPS) is 14.1. The summed E-state index contributed by atoms with van der Waals surface area (Å²) < 4.78 is 0. The maximum atomic E-state index is 12.5. The van der Waals surface area contributed by atoms with Crippen molar-refractivity contribution in [1.82, 2.24) is 14.9 Å². The van der Waals surface area contributed by atoms with Gasteiger partial charge in [0.25, 0.3) is 0 Å². The van der Waals surface area contributed by atoms with Crippen molar-refractivity contribution in [2.24, 2.45) is 0 Å². The van der Waals surface area contributed by atoms with Gasteiger partial charge in [0.15, 0.2) is 0 Å². The topological polar surface area (TPSA) is 78.4 Å². The SMILES string of the molecule is Cc1cc(C)nc(NC(=O)CN2CCN(c3cccc(Cl)c3)C2=O)n1. The molecule has 0 unspecified atom stereocenters. The summed E-state index contributed by atoms with van der Waals surface area (Å²) in [5.74, 6) is -0.0767. The van der Waals surface area contributed by atoms with Gasteiger partial charge in [-0.3, -0.25) is 15.0 Å². The lowest BCUT2D eigenvalue weighted by atomic mass is 10.3. The van der Waals surface area contributed by atoms with Crippen LogP contribution in [0, 0.1) is 13.8 Å². The van der Waals surface area contributed by atoms with Gasteiger partial charge in [0.05, 0.1) is 0 Å². The molecule has 7 nitrogen and oxygen atoms in total. The van der Waals surface area contributed by atoms with Crippen LogP contribution in [0.25, 0.3) is 0 Å². The molecule has 1 aromatic heterocycles. The number of halogens is 1. The second-order valence-corrected chi connectivity index (χ2v) is 6.29. The first kappa shape index (κ1) is 17.2.